The molecule has 0 amide bonds. The van der Waals surface area contributed by atoms with Crippen LogP contribution in [0.15, 0.2) is 48.5 Å². The maximum absolute atomic E-state index is 10.9. The first-order valence-electron chi connectivity index (χ1n) is 9.57. The zero-order valence-electron chi connectivity index (χ0n) is 17.2. The lowest BCUT2D eigenvalue weighted by Crippen LogP contribution is -2.41. The number of unbranched alkanes of at least 4 members (excludes halogenated alkanes) is 1. The molecule has 1 aliphatic rings. The molecule has 0 atom stereocenters. The molecule has 1 aliphatic heterocycles. The topological polar surface area (TPSA) is 44.8 Å². The fourth-order valence-electron chi connectivity index (χ4n) is 2.92. The number of esters is 1. The summed E-state index contributed by atoms with van der Waals surface area (Å²) in [6, 6.07) is 10.2. The third kappa shape index (κ3) is 5.81. The Bertz CT molecular complexity index is 676. The Balaban J connectivity index is 2.11. The Labute approximate surface area is 163 Å². The number of rotatable bonds is 8. The largest absolute Gasteiger partial charge is 0.487 e. The van der Waals surface area contributed by atoms with Crippen LogP contribution in [0, 0.1) is 0 Å². The van der Waals surface area contributed by atoms with E-state index in [1.807, 2.05) is 51.9 Å². The summed E-state index contributed by atoms with van der Waals surface area (Å²) >= 11 is 0. The van der Waals surface area contributed by atoms with Gasteiger partial charge >= 0.3 is 13.1 Å². The van der Waals surface area contributed by atoms with Crippen LogP contribution in [-0.2, 0) is 18.8 Å². The van der Waals surface area contributed by atoms with E-state index in [2.05, 4.69) is 18.7 Å². The van der Waals surface area contributed by atoms with E-state index in [1.54, 1.807) is 0 Å². The monoisotopic (exact) mass is 370 g/mol. The molecule has 2 rings (SSSR count). The summed E-state index contributed by atoms with van der Waals surface area (Å²) in [5.74, 6) is 1.79. The van der Waals surface area contributed by atoms with Gasteiger partial charge in [0.1, 0.15) is 0 Å². The van der Waals surface area contributed by atoms with E-state index >= 15 is 0 Å². The molecule has 0 N–H and O–H groups in total. The van der Waals surface area contributed by atoms with E-state index in [-0.39, 0.29) is 17.2 Å². The lowest BCUT2D eigenvalue weighted by Gasteiger charge is -2.32. The quantitative estimate of drug-likeness (QED) is 0.280. The van der Waals surface area contributed by atoms with Crippen LogP contribution in [0.2, 0.25) is 0 Å². The smallest absolute Gasteiger partial charge is 0.466 e. The Hall–Kier alpha value is -1.85. The van der Waals surface area contributed by atoms with Crippen LogP contribution in [0.3, 0.4) is 0 Å². The predicted octanol–water partition coefficient (Wildman–Crippen LogP) is 4.99. The number of benzene rings is 1. The molecule has 1 saturated heterocycles. The highest BCUT2D eigenvalue weighted by Crippen LogP contribution is 2.38. The Kier molecular flexibility index (Phi) is 7.07. The highest BCUT2D eigenvalue weighted by molar-refractivity contribution is 6.53. The predicted molar refractivity (Wildman–Crippen MR) is 110 cm³/mol. The highest BCUT2D eigenvalue weighted by atomic mass is 16.7. The lowest BCUT2D eigenvalue weighted by molar-refractivity contribution is -0.141. The van der Waals surface area contributed by atoms with Crippen LogP contribution in [0.25, 0.3) is 5.57 Å². The minimum absolute atomic E-state index is 0.237. The summed E-state index contributed by atoms with van der Waals surface area (Å²) in [7, 11) is -0.414. The molecule has 1 aromatic carbocycles. The van der Waals surface area contributed by atoms with Crippen molar-refractivity contribution < 1.29 is 18.8 Å². The molecule has 0 radical (unpaired) electrons. The summed E-state index contributed by atoms with van der Waals surface area (Å²) in [5.41, 5.74) is 2.42. The Morgan fingerprint density at radius 1 is 1.11 bits per heavy atom. The molecule has 146 valence electrons. The van der Waals surface area contributed by atoms with Crippen molar-refractivity contribution in [1.29, 1.82) is 0 Å². The number of allylic oxidation sites excluding steroid dienone is 2. The van der Waals surface area contributed by atoms with Gasteiger partial charge in [0, 0.05) is 6.92 Å². The second-order valence-corrected chi connectivity index (χ2v) is 7.97. The molecule has 5 heteroatoms. The third-order valence-corrected chi connectivity index (χ3v) is 5.22. The van der Waals surface area contributed by atoms with Crippen LogP contribution in [0.1, 0.15) is 59.4 Å². The van der Waals surface area contributed by atoms with Crippen LogP contribution in [0.4, 0.5) is 0 Å². The SMILES string of the molecule is C=C(CCCCOC(C)=O)/C(=C\B1OC(C)(C)C(C)(C)O1)c1ccccc1. The first kappa shape index (κ1) is 21.5. The van der Waals surface area contributed by atoms with Crippen LogP contribution in [0.5, 0.6) is 0 Å². The second kappa shape index (κ2) is 8.90. The number of carbonyl (C=O) groups is 1. The van der Waals surface area contributed by atoms with Gasteiger partial charge in [-0.3, -0.25) is 4.79 Å². The highest BCUT2D eigenvalue weighted by Gasteiger charge is 2.50. The summed E-state index contributed by atoms with van der Waals surface area (Å²) < 4.78 is 17.3. The van der Waals surface area contributed by atoms with Gasteiger partial charge in [-0.2, -0.15) is 0 Å². The van der Waals surface area contributed by atoms with E-state index < -0.39 is 7.12 Å². The van der Waals surface area contributed by atoms with E-state index in [0.717, 1.165) is 36.0 Å². The summed E-state index contributed by atoms with van der Waals surface area (Å²) in [6.45, 7) is 14.4. The van der Waals surface area contributed by atoms with E-state index in [0.29, 0.717) is 6.61 Å². The standard InChI is InChI=1S/C22H31BO4/c1-17(12-10-11-15-25-18(2)24)20(19-13-8-7-9-14-19)16-23-26-21(3,4)22(5,6)27-23/h7-9,13-14,16H,1,10-12,15H2,2-6H3/b20-16+. The van der Waals surface area contributed by atoms with Gasteiger partial charge < -0.3 is 14.0 Å². The normalized spacial score (nSPS) is 18.4. The van der Waals surface area contributed by atoms with Gasteiger partial charge in [0.25, 0.3) is 0 Å². The number of hydrogen-bond acceptors (Lipinski definition) is 4. The molecule has 0 spiro atoms. The average molecular weight is 370 g/mol. The molecule has 0 saturated carbocycles. The van der Waals surface area contributed by atoms with Crippen molar-refractivity contribution in [2.75, 3.05) is 6.61 Å². The molecule has 0 aromatic heterocycles. The summed E-state index contributed by atoms with van der Waals surface area (Å²) in [5, 5.41) is 0. The first-order chi connectivity index (χ1) is 12.6. The molecule has 0 unspecified atom stereocenters. The minimum Gasteiger partial charge on any atom is -0.466 e. The van der Waals surface area contributed by atoms with E-state index in [1.165, 1.54) is 6.92 Å². The van der Waals surface area contributed by atoms with E-state index in [4.69, 9.17) is 14.0 Å². The molecule has 1 heterocycles. The van der Waals surface area contributed by atoms with Gasteiger partial charge in [0.15, 0.2) is 0 Å². The molecular formula is C22H31BO4. The minimum atomic E-state index is -0.414. The molecule has 4 nitrogen and oxygen atoms in total. The van der Waals surface area contributed by atoms with Crippen molar-refractivity contribution in [3.05, 3.63) is 54.0 Å². The summed E-state index contributed by atoms with van der Waals surface area (Å²) in [4.78, 5) is 10.9. The number of hydrogen-bond donors (Lipinski definition) is 0. The van der Waals surface area contributed by atoms with Gasteiger partial charge in [-0.15, -0.1) is 0 Å². The number of carbonyl (C=O) groups excluding carboxylic acids is 1. The van der Waals surface area contributed by atoms with Gasteiger partial charge in [-0.25, -0.2) is 0 Å². The second-order valence-electron chi connectivity index (χ2n) is 7.97. The van der Waals surface area contributed by atoms with Crippen molar-refractivity contribution >= 4 is 18.7 Å². The maximum atomic E-state index is 10.9. The lowest BCUT2D eigenvalue weighted by atomic mass is 9.81. The van der Waals surface area contributed by atoms with Crippen molar-refractivity contribution in [2.24, 2.45) is 0 Å². The average Bonchev–Trinajstić information content (AvgIpc) is 2.79. The molecule has 27 heavy (non-hydrogen) atoms. The fourth-order valence-corrected chi connectivity index (χ4v) is 2.92. The van der Waals surface area contributed by atoms with Crippen LogP contribution >= 0.6 is 0 Å². The maximum Gasteiger partial charge on any atom is 0.487 e. The first-order valence-corrected chi connectivity index (χ1v) is 9.57. The Morgan fingerprint density at radius 3 is 2.26 bits per heavy atom. The van der Waals surface area contributed by atoms with Crippen LogP contribution < -0.4 is 0 Å². The third-order valence-electron chi connectivity index (χ3n) is 5.22. The van der Waals surface area contributed by atoms with Gasteiger partial charge in [-0.05, 0) is 69.6 Å². The Morgan fingerprint density at radius 2 is 1.70 bits per heavy atom. The summed E-state index contributed by atoms with van der Waals surface area (Å²) in [6.07, 6.45) is 2.54. The van der Waals surface area contributed by atoms with Crippen molar-refractivity contribution in [3.8, 4) is 0 Å². The van der Waals surface area contributed by atoms with Crippen molar-refractivity contribution in [1.82, 2.24) is 0 Å². The van der Waals surface area contributed by atoms with Gasteiger partial charge in [-0.1, -0.05) is 36.9 Å². The molecule has 1 fully saturated rings. The molecule has 0 bridgehead atoms. The van der Waals surface area contributed by atoms with Gasteiger partial charge in [0.2, 0.25) is 0 Å². The number of ether oxygens (including phenoxy) is 1. The van der Waals surface area contributed by atoms with Crippen molar-refractivity contribution in [2.45, 2.75) is 65.1 Å². The zero-order chi connectivity index (χ0) is 20.1. The molecular weight excluding hydrogens is 339 g/mol. The zero-order valence-corrected chi connectivity index (χ0v) is 17.2. The molecule has 0 aliphatic carbocycles. The fraction of sp³-hybridized carbons (Fsp3) is 0.500. The van der Waals surface area contributed by atoms with Crippen molar-refractivity contribution in [3.63, 3.8) is 0 Å². The molecule has 1 aromatic rings. The van der Waals surface area contributed by atoms with Crippen LogP contribution in [-0.4, -0.2) is 30.9 Å². The van der Waals surface area contributed by atoms with E-state index in [9.17, 15) is 4.79 Å². The van der Waals surface area contributed by atoms with Gasteiger partial charge in [0.05, 0.1) is 17.8 Å².